The van der Waals surface area contributed by atoms with Crippen LogP contribution in [0.15, 0.2) is 52.1 Å². The SMILES string of the molecule is CC1=CC(Cl)=CN2C(CC(=O)N3CCCCC3)C(c3ccc(Cl)cc3)=NC12. The van der Waals surface area contributed by atoms with E-state index in [0.717, 1.165) is 42.8 Å². The van der Waals surface area contributed by atoms with Gasteiger partial charge in [0.15, 0.2) is 0 Å². The molecule has 2 unspecified atom stereocenters. The van der Waals surface area contributed by atoms with Crippen LogP contribution in [-0.2, 0) is 4.79 Å². The van der Waals surface area contributed by atoms with E-state index in [1.807, 2.05) is 48.4 Å². The molecule has 2 atom stereocenters. The third-order valence-corrected chi connectivity index (χ3v) is 5.94. The van der Waals surface area contributed by atoms with Crippen LogP contribution in [0.5, 0.6) is 0 Å². The second-order valence-electron chi connectivity index (χ2n) is 7.41. The quantitative estimate of drug-likeness (QED) is 0.739. The van der Waals surface area contributed by atoms with Gasteiger partial charge >= 0.3 is 0 Å². The van der Waals surface area contributed by atoms with E-state index in [9.17, 15) is 4.79 Å². The van der Waals surface area contributed by atoms with E-state index < -0.39 is 0 Å². The summed E-state index contributed by atoms with van der Waals surface area (Å²) in [5, 5.41) is 1.36. The average Bonchev–Trinajstić information content (AvgIpc) is 3.02. The molecule has 3 aliphatic rings. The molecule has 27 heavy (non-hydrogen) atoms. The summed E-state index contributed by atoms with van der Waals surface area (Å²) in [7, 11) is 0. The van der Waals surface area contributed by atoms with Crippen LogP contribution in [0.1, 0.15) is 38.2 Å². The second-order valence-corrected chi connectivity index (χ2v) is 8.28. The standard InChI is InChI=1S/C21H23Cl2N3O/c1-14-11-17(23)13-26-18(12-19(27)25-9-3-2-4-10-25)20(24-21(14)26)15-5-7-16(22)8-6-15/h5-8,11,13,18,21H,2-4,9-10,12H2,1H3. The lowest BCUT2D eigenvalue weighted by Gasteiger charge is -2.33. The number of allylic oxidation sites excluding steroid dienone is 2. The number of aliphatic imine (C=N–C) groups is 1. The lowest BCUT2D eigenvalue weighted by Crippen LogP contribution is -2.44. The molecule has 0 spiro atoms. The number of amides is 1. The Labute approximate surface area is 170 Å². The number of fused-ring (bicyclic) bond motifs is 1. The van der Waals surface area contributed by atoms with Gasteiger partial charge in [0.05, 0.1) is 23.2 Å². The Balaban J connectivity index is 1.64. The Morgan fingerprint density at radius 1 is 1.15 bits per heavy atom. The number of benzene rings is 1. The highest BCUT2D eigenvalue weighted by atomic mass is 35.5. The maximum Gasteiger partial charge on any atom is 0.225 e. The summed E-state index contributed by atoms with van der Waals surface area (Å²) in [4.78, 5) is 22.1. The molecule has 4 nitrogen and oxygen atoms in total. The molecule has 1 aromatic carbocycles. The molecular formula is C21H23Cl2N3O. The summed E-state index contributed by atoms with van der Waals surface area (Å²) in [6.07, 6.45) is 7.56. The van der Waals surface area contributed by atoms with Crippen molar-refractivity contribution in [3.05, 3.63) is 57.7 Å². The van der Waals surface area contributed by atoms with Gasteiger partial charge in [-0.3, -0.25) is 9.79 Å². The highest BCUT2D eigenvalue weighted by Crippen LogP contribution is 2.34. The fraction of sp³-hybridized carbons (Fsp3) is 0.429. The Hall–Kier alpha value is -1.78. The lowest BCUT2D eigenvalue weighted by atomic mass is 9.98. The fourth-order valence-electron chi connectivity index (χ4n) is 4.09. The first-order valence-electron chi connectivity index (χ1n) is 9.47. The van der Waals surface area contributed by atoms with Crippen molar-refractivity contribution in [2.24, 2.45) is 4.99 Å². The summed E-state index contributed by atoms with van der Waals surface area (Å²) in [6, 6.07) is 7.56. The number of hydrogen-bond acceptors (Lipinski definition) is 3. The molecular weight excluding hydrogens is 381 g/mol. The highest BCUT2D eigenvalue weighted by Gasteiger charge is 2.39. The topological polar surface area (TPSA) is 35.9 Å². The molecule has 4 rings (SSSR count). The Morgan fingerprint density at radius 3 is 2.56 bits per heavy atom. The number of carbonyl (C=O) groups excluding carboxylic acids is 1. The zero-order chi connectivity index (χ0) is 19.0. The van der Waals surface area contributed by atoms with Gasteiger partial charge in [-0.15, -0.1) is 0 Å². The summed E-state index contributed by atoms with van der Waals surface area (Å²) < 4.78 is 0. The summed E-state index contributed by atoms with van der Waals surface area (Å²) in [5.74, 6) is 0.193. The normalized spacial score (nSPS) is 24.9. The summed E-state index contributed by atoms with van der Waals surface area (Å²) in [6.45, 7) is 3.75. The minimum absolute atomic E-state index is 0.0997. The third-order valence-electron chi connectivity index (χ3n) is 5.48. The van der Waals surface area contributed by atoms with Crippen molar-refractivity contribution < 1.29 is 4.79 Å². The van der Waals surface area contributed by atoms with Crippen molar-refractivity contribution >= 4 is 34.8 Å². The molecule has 1 aromatic rings. The van der Waals surface area contributed by atoms with E-state index in [1.165, 1.54) is 6.42 Å². The Morgan fingerprint density at radius 2 is 1.85 bits per heavy atom. The first kappa shape index (κ1) is 18.6. The van der Waals surface area contributed by atoms with Gasteiger partial charge in [-0.25, -0.2) is 0 Å². The zero-order valence-electron chi connectivity index (χ0n) is 15.4. The first-order chi connectivity index (χ1) is 13.0. The van der Waals surface area contributed by atoms with Crippen LogP contribution in [0.4, 0.5) is 0 Å². The molecule has 0 aromatic heterocycles. The largest absolute Gasteiger partial charge is 0.343 e. The van der Waals surface area contributed by atoms with Crippen LogP contribution in [0.3, 0.4) is 0 Å². The van der Waals surface area contributed by atoms with E-state index >= 15 is 0 Å². The predicted octanol–water partition coefficient (Wildman–Crippen LogP) is 4.58. The van der Waals surface area contributed by atoms with Crippen LogP contribution in [-0.4, -0.2) is 46.7 Å². The van der Waals surface area contributed by atoms with E-state index in [4.69, 9.17) is 28.2 Å². The van der Waals surface area contributed by atoms with Crippen LogP contribution < -0.4 is 0 Å². The van der Waals surface area contributed by atoms with E-state index in [-0.39, 0.29) is 18.1 Å². The molecule has 1 saturated heterocycles. The van der Waals surface area contributed by atoms with E-state index in [2.05, 4.69) is 4.90 Å². The zero-order valence-corrected chi connectivity index (χ0v) is 16.9. The number of hydrogen-bond donors (Lipinski definition) is 0. The van der Waals surface area contributed by atoms with Crippen molar-refractivity contribution in [3.8, 4) is 0 Å². The third kappa shape index (κ3) is 3.78. The molecule has 0 bridgehead atoms. The first-order valence-corrected chi connectivity index (χ1v) is 10.2. The predicted molar refractivity (Wildman–Crippen MR) is 110 cm³/mol. The average molecular weight is 404 g/mol. The smallest absolute Gasteiger partial charge is 0.225 e. The number of piperidine rings is 1. The molecule has 0 aliphatic carbocycles. The molecule has 1 amide bonds. The van der Waals surface area contributed by atoms with Crippen LogP contribution in [0.25, 0.3) is 0 Å². The van der Waals surface area contributed by atoms with Gasteiger partial charge in [0.2, 0.25) is 5.91 Å². The van der Waals surface area contributed by atoms with Gasteiger partial charge in [-0.1, -0.05) is 35.3 Å². The van der Waals surface area contributed by atoms with Crippen molar-refractivity contribution in [2.75, 3.05) is 13.1 Å². The Bertz CT molecular complexity index is 822. The number of carbonyl (C=O) groups is 1. The number of rotatable bonds is 3. The van der Waals surface area contributed by atoms with Gasteiger partial charge in [-0.2, -0.15) is 0 Å². The summed E-state index contributed by atoms with van der Waals surface area (Å²) >= 11 is 12.4. The van der Waals surface area contributed by atoms with Crippen molar-refractivity contribution in [1.29, 1.82) is 0 Å². The van der Waals surface area contributed by atoms with Gasteiger partial charge in [-0.05, 0) is 55.5 Å². The monoisotopic (exact) mass is 403 g/mol. The second kappa shape index (κ2) is 7.69. The number of halogens is 2. The minimum Gasteiger partial charge on any atom is -0.343 e. The fourth-order valence-corrected chi connectivity index (χ4v) is 4.50. The molecule has 3 aliphatic heterocycles. The molecule has 0 radical (unpaired) electrons. The minimum atomic E-state index is -0.122. The van der Waals surface area contributed by atoms with Crippen molar-refractivity contribution in [1.82, 2.24) is 9.80 Å². The number of nitrogens with zero attached hydrogens (tertiary/aromatic N) is 3. The van der Waals surface area contributed by atoms with Gasteiger partial charge in [0, 0.05) is 24.3 Å². The molecule has 142 valence electrons. The van der Waals surface area contributed by atoms with Crippen molar-refractivity contribution in [2.45, 2.75) is 44.8 Å². The maximum atomic E-state index is 13.0. The maximum absolute atomic E-state index is 13.0. The highest BCUT2D eigenvalue weighted by molar-refractivity contribution is 6.31. The molecule has 3 heterocycles. The van der Waals surface area contributed by atoms with Crippen LogP contribution in [0, 0.1) is 0 Å². The van der Waals surface area contributed by atoms with Gasteiger partial charge in [0.25, 0.3) is 0 Å². The molecule has 0 saturated carbocycles. The summed E-state index contributed by atoms with van der Waals surface area (Å²) in [5.41, 5.74) is 3.02. The molecule has 0 N–H and O–H groups in total. The van der Waals surface area contributed by atoms with E-state index in [0.29, 0.717) is 16.5 Å². The molecule has 1 fully saturated rings. The van der Waals surface area contributed by atoms with Crippen LogP contribution >= 0.6 is 23.2 Å². The number of likely N-dealkylation sites (tertiary alicyclic amines) is 1. The molecule has 6 heteroatoms. The lowest BCUT2D eigenvalue weighted by molar-refractivity contribution is -0.132. The van der Waals surface area contributed by atoms with E-state index in [1.54, 1.807) is 0 Å². The van der Waals surface area contributed by atoms with Crippen LogP contribution in [0.2, 0.25) is 5.02 Å². The van der Waals surface area contributed by atoms with Gasteiger partial charge in [0.1, 0.15) is 6.17 Å². The van der Waals surface area contributed by atoms with Crippen molar-refractivity contribution in [3.63, 3.8) is 0 Å². The Kier molecular flexibility index (Phi) is 5.29. The van der Waals surface area contributed by atoms with Gasteiger partial charge < -0.3 is 9.80 Å².